The first kappa shape index (κ1) is 55.9. The summed E-state index contributed by atoms with van der Waals surface area (Å²) in [5, 5.41) is 30.2. The van der Waals surface area contributed by atoms with Gasteiger partial charge in [0.2, 0.25) is 23.6 Å². The van der Waals surface area contributed by atoms with Crippen LogP contribution in [0, 0.1) is 0 Å². The number of carboxylic acids is 2. The lowest BCUT2D eigenvalue weighted by atomic mass is 10.0. The molecule has 8 amide bonds. The number of benzene rings is 4. The van der Waals surface area contributed by atoms with E-state index >= 15 is 0 Å². The van der Waals surface area contributed by atoms with E-state index < -0.39 is 108 Å². The molecule has 4 aromatic carbocycles. The SMILES string of the molecule is C[C@@H]1OC(=O)N(C(=O)[C@H](Cc2ccccc2)NC(=O)CCCCCCCC(=O)N[C@@H](Cc2ccccc2)C(=O)N2C(=O)O[C@@H](C)[C@@H]2C(=O)N[C@@H](Cc2ccccc2)C(=O)O)[C@H]1C(=O)N[C@@H](Cc1ccccc1)C(=O)O. The number of hydrogen-bond donors (Lipinski definition) is 6. The summed E-state index contributed by atoms with van der Waals surface area (Å²) >= 11 is 0. The molecule has 6 rings (SSSR count). The number of nitrogens with zero attached hydrogens (tertiary/aromatic N) is 2. The third-order valence-electron chi connectivity index (χ3n) is 12.9. The van der Waals surface area contributed by atoms with Crippen molar-refractivity contribution in [2.45, 2.75) is 133 Å². The van der Waals surface area contributed by atoms with Crippen molar-refractivity contribution < 1.29 is 67.6 Å². The number of carbonyl (C=O) groups excluding carboxylic acids is 8. The van der Waals surface area contributed by atoms with Crippen molar-refractivity contribution >= 4 is 59.6 Å². The summed E-state index contributed by atoms with van der Waals surface area (Å²) in [6, 6.07) is 26.2. The van der Waals surface area contributed by atoms with Gasteiger partial charge in [-0.3, -0.25) is 28.8 Å². The van der Waals surface area contributed by atoms with Crippen LogP contribution in [0.1, 0.15) is 81.0 Å². The highest BCUT2D eigenvalue weighted by molar-refractivity contribution is 6.05. The van der Waals surface area contributed by atoms with Crippen LogP contribution in [0.2, 0.25) is 0 Å². The summed E-state index contributed by atoms with van der Waals surface area (Å²) in [5.41, 5.74) is 2.57. The average molecular weight is 1030 g/mol. The lowest BCUT2D eigenvalue weighted by molar-refractivity contribution is -0.144. The van der Waals surface area contributed by atoms with Gasteiger partial charge < -0.3 is 41.0 Å². The number of aliphatic carboxylic acids is 2. The van der Waals surface area contributed by atoms with E-state index in [-0.39, 0.29) is 38.5 Å². The molecule has 75 heavy (non-hydrogen) atoms. The number of imide groups is 2. The average Bonchev–Trinajstić information content (AvgIpc) is 3.87. The van der Waals surface area contributed by atoms with Crippen molar-refractivity contribution in [3.8, 4) is 0 Å². The van der Waals surface area contributed by atoms with E-state index in [9.17, 15) is 58.2 Å². The number of cyclic esters (lactones) is 2. The van der Waals surface area contributed by atoms with Crippen LogP contribution in [0.15, 0.2) is 121 Å². The van der Waals surface area contributed by atoms with Crippen LogP contribution in [-0.4, -0.2) is 128 Å². The zero-order valence-corrected chi connectivity index (χ0v) is 41.6. The quantitative estimate of drug-likeness (QED) is 0.0480. The Bertz CT molecular complexity index is 2480. The van der Waals surface area contributed by atoms with Gasteiger partial charge in [0.25, 0.3) is 11.8 Å². The van der Waals surface area contributed by atoms with Gasteiger partial charge in [0.1, 0.15) is 36.4 Å². The minimum absolute atomic E-state index is 0.00651. The first-order chi connectivity index (χ1) is 36.0. The number of carbonyl (C=O) groups is 10. The number of carboxylic acid groups (broad SMARTS) is 2. The standard InChI is InChI=1S/C55H62N6O14/c1-34-46(48(64)58-42(52(68)69)32-38-24-14-8-15-25-38)60(54(72)74-34)50(66)40(30-36-20-10-6-11-21-36)56-44(62)28-18-4-3-5-19-29-45(63)57-41(31-37-22-12-7-13-23-37)51(67)61-47(35(2)75-55(61)73)49(65)59-43(53(70)71)33-39-26-16-9-17-27-39/h6-17,20-27,34-35,40-43,46-47H,3-5,18-19,28-33H2,1-2H3,(H,56,62)(H,57,63)(H,58,64)(H,59,65)(H,68,69)(H,70,71)/t34-,35-,40-,41-,42-,43-,46+,47+/m0/s1. The highest BCUT2D eigenvalue weighted by Gasteiger charge is 2.51. The third kappa shape index (κ3) is 15.8. The number of unbranched alkanes of at least 4 members (excludes halogenated alkanes) is 4. The zero-order valence-electron chi connectivity index (χ0n) is 41.6. The Morgan fingerprint density at radius 1 is 0.440 bits per heavy atom. The molecular weight excluding hydrogens is 969 g/mol. The number of amides is 8. The van der Waals surface area contributed by atoms with Crippen molar-refractivity contribution in [1.29, 1.82) is 0 Å². The van der Waals surface area contributed by atoms with Crippen molar-refractivity contribution in [3.05, 3.63) is 144 Å². The maximum Gasteiger partial charge on any atom is 0.417 e. The molecule has 2 fully saturated rings. The van der Waals surface area contributed by atoms with Gasteiger partial charge in [-0.15, -0.1) is 0 Å². The van der Waals surface area contributed by atoms with Crippen LogP contribution in [0.4, 0.5) is 9.59 Å². The number of ether oxygens (including phenoxy) is 2. The summed E-state index contributed by atoms with van der Waals surface area (Å²) in [7, 11) is 0. The highest BCUT2D eigenvalue weighted by atomic mass is 16.6. The fourth-order valence-electron chi connectivity index (χ4n) is 9.01. The predicted octanol–water partition coefficient (Wildman–Crippen LogP) is 4.27. The summed E-state index contributed by atoms with van der Waals surface area (Å²) in [6.45, 7) is 2.82. The molecule has 2 aliphatic rings. The Morgan fingerprint density at radius 3 is 1.01 bits per heavy atom. The van der Waals surface area contributed by atoms with E-state index in [1.54, 1.807) is 121 Å². The molecule has 0 unspecified atom stereocenters. The van der Waals surface area contributed by atoms with Gasteiger partial charge >= 0.3 is 24.1 Å². The van der Waals surface area contributed by atoms with Crippen LogP contribution in [0.25, 0.3) is 0 Å². The van der Waals surface area contributed by atoms with Crippen LogP contribution >= 0.6 is 0 Å². The molecule has 2 heterocycles. The molecule has 2 aliphatic heterocycles. The molecule has 4 aromatic rings. The van der Waals surface area contributed by atoms with Crippen LogP contribution in [-0.2, 0) is 73.5 Å². The normalized spacial score (nSPS) is 18.6. The van der Waals surface area contributed by atoms with Gasteiger partial charge in [0.15, 0.2) is 12.1 Å². The van der Waals surface area contributed by atoms with E-state index in [1.807, 2.05) is 0 Å². The lowest BCUT2D eigenvalue weighted by Gasteiger charge is -2.27. The fraction of sp³-hybridized carbons (Fsp3) is 0.382. The maximum atomic E-state index is 14.2. The molecule has 6 N–H and O–H groups in total. The van der Waals surface area contributed by atoms with Gasteiger partial charge in [-0.25, -0.2) is 29.0 Å². The zero-order chi connectivity index (χ0) is 54.0. The van der Waals surface area contributed by atoms with E-state index in [1.165, 1.54) is 13.8 Å². The molecule has 396 valence electrons. The molecular formula is C55H62N6O14. The second-order valence-electron chi connectivity index (χ2n) is 18.5. The molecule has 0 radical (unpaired) electrons. The number of hydrogen-bond acceptors (Lipinski definition) is 12. The third-order valence-corrected chi connectivity index (χ3v) is 12.9. The first-order valence-electron chi connectivity index (χ1n) is 24.9. The smallest absolute Gasteiger partial charge is 0.417 e. The fourth-order valence-corrected chi connectivity index (χ4v) is 9.01. The van der Waals surface area contributed by atoms with E-state index in [0.717, 1.165) is 0 Å². The molecule has 0 saturated carbocycles. The largest absolute Gasteiger partial charge is 0.480 e. The number of rotatable bonds is 26. The Kier molecular flexibility index (Phi) is 20.1. The molecule has 0 spiro atoms. The molecule has 0 aromatic heterocycles. The van der Waals surface area contributed by atoms with E-state index in [4.69, 9.17) is 9.47 Å². The van der Waals surface area contributed by atoms with Crippen LogP contribution in [0.3, 0.4) is 0 Å². The van der Waals surface area contributed by atoms with E-state index in [0.29, 0.717) is 64.2 Å². The highest BCUT2D eigenvalue weighted by Crippen LogP contribution is 2.25. The minimum Gasteiger partial charge on any atom is -0.480 e. The van der Waals surface area contributed by atoms with Gasteiger partial charge in [-0.05, 0) is 48.9 Å². The van der Waals surface area contributed by atoms with Crippen molar-refractivity contribution in [2.24, 2.45) is 0 Å². The van der Waals surface area contributed by atoms with Crippen LogP contribution in [0.5, 0.6) is 0 Å². The summed E-state index contributed by atoms with van der Waals surface area (Å²) < 4.78 is 10.6. The van der Waals surface area contributed by atoms with Crippen LogP contribution < -0.4 is 21.3 Å². The van der Waals surface area contributed by atoms with Gasteiger partial charge in [0, 0.05) is 38.5 Å². The van der Waals surface area contributed by atoms with Gasteiger partial charge in [-0.2, -0.15) is 0 Å². The Labute approximate surface area is 433 Å². The Balaban J connectivity index is 1.01. The Hall–Kier alpha value is -8.42. The number of nitrogens with one attached hydrogen (secondary N) is 4. The molecule has 2 saturated heterocycles. The monoisotopic (exact) mass is 1030 g/mol. The molecule has 20 nitrogen and oxygen atoms in total. The summed E-state index contributed by atoms with van der Waals surface area (Å²) in [4.78, 5) is 135. The van der Waals surface area contributed by atoms with Crippen molar-refractivity contribution in [3.63, 3.8) is 0 Å². The molecule has 20 heteroatoms. The van der Waals surface area contributed by atoms with Gasteiger partial charge in [0.05, 0.1) is 0 Å². The summed E-state index contributed by atoms with van der Waals surface area (Å²) in [6.07, 6.45) is -2.22. The van der Waals surface area contributed by atoms with Gasteiger partial charge in [-0.1, -0.05) is 141 Å². The second kappa shape index (κ2) is 27.0. The second-order valence-corrected chi connectivity index (χ2v) is 18.5. The molecule has 0 aliphatic carbocycles. The maximum absolute atomic E-state index is 14.2. The Morgan fingerprint density at radius 2 is 0.720 bits per heavy atom. The lowest BCUT2D eigenvalue weighted by Crippen LogP contribution is -2.58. The van der Waals surface area contributed by atoms with E-state index in [2.05, 4.69) is 21.3 Å². The van der Waals surface area contributed by atoms with Crippen molar-refractivity contribution in [1.82, 2.24) is 31.1 Å². The predicted molar refractivity (Wildman–Crippen MR) is 269 cm³/mol. The molecule has 0 bridgehead atoms. The van der Waals surface area contributed by atoms with Crippen molar-refractivity contribution in [2.75, 3.05) is 0 Å². The topological polar surface area (TPSA) is 284 Å². The molecule has 8 atom stereocenters. The first-order valence-corrected chi connectivity index (χ1v) is 24.9. The minimum atomic E-state index is -1.53. The summed E-state index contributed by atoms with van der Waals surface area (Å²) in [5.74, 6) is -7.30.